The average molecular weight is 355 g/mol. The molecule has 0 aliphatic carbocycles. The molecule has 0 bridgehead atoms. The van der Waals surface area contributed by atoms with Crippen LogP contribution >= 0.6 is 27.5 Å². The number of anilines is 1. The van der Waals surface area contributed by atoms with Gasteiger partial charge in [0.05, 0.1) is 7.11 Å². The minimum atomic E-state index is -0.586. The summed E-state index contributed by atoms with van der Waals surface area (Å²) in [6, 6.07) is 14.1. The number of benzene rings is 2. The van der Waals surface area contributed by atoms with Crippen LogP contribution in [0, 0.1) is 0 Å². The van der Waals surface area contributed by atoms with E-state index in [1.807, 2.05) is 36.4 Å². The van der Waals surface area contributed by atoms with Crippen LogP contribution in [-0.4, -0.2) is 13.1 Å². The normalized spacial score (nSPS) is 11.8. The topological polar surface area (TPSA) is 38.3 Å². The molecule has 2 aromatic carbocycles. The maximum atomic E-state index is 12.0. The number of hydrogen-bond donors (Lipinski definition) is 1. The van der Waals surface area contributed by atoms with Crippen LogP contribution in [0.25, 0.3) is 0 Å². The molecule has 5 heteroatoms. The van der Waals surface area contributed by atoms with Crippen molar-refractivity contribution in [3.63, 3.8) is 0 Å². The zero-order valence-corrected chi connectivity index (χ0v) is 13.1. The summed E-state index contributed by atoms with van der Waals surface area (Å²) < 4.78 is 5.71. The molecule has 0 aromatic heterocycles. The van der Waals surface area contributed by atoms with E-state index in [-0.39, 0.29) is 5.97 Å². The van der Waals surface area contributed by atoms with Gasteiger partial charge in [-0.15, -0.1) is 0 Å². The molecule has 0 spiro atoms. The van der Waals surface area contributed by atoms with Gasteiger partial charge >= 0.3 is 5.97 Å². The number of ether oxygens (including phenoxy) is 1. The van der Waals surface area contributed by atoms with Crippen LogP contribution in [0.1, 0.15) is 11.6 Å². The molecule has 0 aliphatic rings. The predicted octanol–water partition coefficient (Wildman–Crippen LogP) is 4.43. The lowest BCUT2D eigenvalue weighted by atomic mass is 10.1. The number of hydrogen-bond acceptors (Lipinski definition) is 3. The molecular formula is C15H13BrClNO2. The average Bonchev–Trinajstić information content (AvgIpc) is 2.47. The first-order valence-electron chi connectivity index (χ1n) is 5.96. The second-order valence-electron chi connectivity index (χ2n) is 4.13. The van der Waals surface area contributed by atoms with E-state index in [1.165, 1.54) is 7.11 Å². The lowest BCUT2D eigenvalue weighted by molar-refractivity contribution is -0.141. The summed E-state index contributed by atoms with van der Waals surface area (Å²) in [7, 11) is 1.37. The monoisotopic (exact) mass is 353 g/mol. The Morgan fingerprint density at radius 3 is 2.45 bits per heavy atom. The summed E-state index contributed by atoms with van der Waals surface area (Å²) in [5.41, 5.74) is 1.61. The fourth-order valence-corrected chi connectivity index (χ4v) is 2.44. The SMILES string of the molecule is COC(=O)C(Nc1ccc(Cl)cc1)c1ccccc1Br. The van der Waals surface area contributed by atoms with Gasteiger partial charge in [0.2, 0.25) is 0 Å². The van der Waals surface area contributed by atoms with Gasteiger partial charge in [-0.05, 0) is 35.9 Å². The first-order valence-corrected chi connectivity index (χ1v) is 7.13. The van der Waals surface area contributed by atoms with Crippen molar-refractivity contribution in [2.45, 2.75) is 6.04 Å². The molecular weight excluding hydrogens is 342 g/mol. The number of methoxy groups -OCH3 is 1. The van der Waals surface area contributed by atoms with Gasteiger partial charge in [0.15, 0.2) is 6.04 Å². The third-order valence-electron chi connectivity index (χ3n) is 2.81. The minimum Gasteiger partial charge on any atom is -0.467 e. The van der Waals surface area contributed by atoms with Gasteiger partial charge in [-0.3, -0.25) is 0 Å². The Labute approximate surface area is 131 Å². The summed E-state index contributed by atoms with van der Waals surface area (Å²) in [5.74, 6) is -0.355. The fourth-order valence-electron chi connectivity index (χ4n) is 1.80. The van der Waals surface area contributed by atoms with Crippen LogP contribution < -0.4 is 5.32 Å². The largest absolute Gasteiger partial charge is 0.467 e. The van der Waals surface area contributed by atoms with Crippen molar-refractivity contribution < 1.29 is 9.53 Å². The molecule has 0 saturated carbocycles. The van der Waals surface area contributed by atoms with Crippen LogP contribution in [0.15, 0.2) is 53.0 Å². The molecule has 20 heavy (non-hydrogen) atoms. The highest BCUT2D eigenvalue weighted by atomic mass is 79.9. The second-order valence-corrected chi connectivity index (χ2v) is 5.42. The van der Waals surface area contributed by atoms with E-state index in [4.69, 9.17) is 16.3 Å². The third kappa shape index (κ3) is 3.52. The maximum Gasteiger partial charge on any atom is 0.333 e. The molecule has 0 heterocycles. The van der Waals surface area contributed by atoms with Crippen molar-refractivity contribution >= 4 is 39.2 Å². The zero-order chi connectivity index (χ0) is 14.5. The van der Waals surface area contributed by atoms with Gasteiger partial charge in [0.1, 0.15) is 0 Å². The smallest absolute Gasteiger partial charge is 0.333 e. The number of esters is 1. The van der Waals surface area contributed by atoms with Crippen molar-refractivity contribution in [1.82, 2.24) is 0 Å². The summed E-state index contributed by atoms with van der Waals surface area (Å²) in [4.78, 5) is 12.0. The van der Waals surface area contributed by atoms with Crippen molar-refractivity contribution in [3.05, 3.63) is 63.6 Å². The van der Waals surface area contributed by atoms with Gasteiger partial charge in [-0.25, -0.2) is 4.79 Å². The molecule has 0 radical (unpaired) electrons. The lowest BCUT2D eigenvalue weighted by Gasteiger charge is -2.19. The van der Waals surface area contributed by atoms with Gasteiger partial charge in [0, 0.05) is 15.2 Å². The highest BCUT2D eigenvalue weighted by Crippen LogP contribution is 2.27. The first-order chi connectivity index (χ1) is 9.61. The van der Waals surface area contributed by atoms with Gasteiger partial charge in [-0.2, -0.15) is 0 Å². The highest BCUT2D eigenvalue weighted by molar-refractivity contribution is 9.10. The first kappa shape index (κ1) is 14.9. The molecule has 104 valence electrons. The summed E-state index contributed by atoms with van der Waals surface area (Å²) >= 11 is 9.30. The van der Waals surface area contributed by atoms with E-state index in [2.05, 4.69) is 21.2 Å². The Kier molecular flexibility index (Phi) is 5.04. The number of nitrogens with one attached hydrogen (secondary N) is 1. The van der Waals surface area contributed by atoms with Gasteiger partial charge in [0.25, 0.3) is 0 Å². The summed E-state index contributed by atoms with van der Waals surface area (Å²) in [5, 5.41) is 3.80. The van der Waals surface area contributed by atoms with E-state index >= 15 is 0 Å². The maximum absolute atomic E-state index is 12.0. The highest BCUT2D eigenvalue weighted by Gasteiger charge is 2.23. The minimum absolute atomic E-state index is 0.355. The molecule has 1 atom stereocenters. The van der Waals surface area contributed by atoms with Crippen LogP contribution in [-0.2, 0) is 9.53 Å². The Hall–Kier alpha value is -1.52. The van der Waals surface area contributed by atoms with Crippen LogP contribution in [0.4, 0.5) is 5.69 Å². The standard InChI is InChI=1S/C15H13BrClNO2/c1-20-15(19)14(12-4-2-3-5-13(12)16)18-11-8-6-10(17)7-9-11/h2-9,14,18H,1H3. The molecule has 0 saturated heterocycles. The van der Waals surface area contributed by atoms with Crippen LogP contribution in [0.3, 0.4) is 0 Å². The Bertz CT molecular complexity index is 601. The Morgan fingerprint density at radius 1 is 1.20 bits per heavy atom. The number of halogens is 2. The molecule has 2 aromatic rings. The van der Waals surface area contributed by atoms with E-state index in [0.29, 0.717) is 5.02 Å². The predicted molar refractivity (Wildman–Crippen MR) is 84.0 cm³/mol. The van der Waals surface area contributed by atoms with Crippen molar-refractivity contribution in [1.29, 1.82) is 0 Å². The molecule has 0 amide bonds. The zero-order valence-electron chi connectivity index (χ0n) is 10.8. The molecule has 1 unspecified atom stereocenters. The van der Waals surface area contributed by atoms with Gasteiger partial charge < -0.3 is 10.1 Å². The van der Waals surface area contributed by atoms with E-state index < -0.39 is 6.04 Å². The van der Waals surface area contributed by atoms with Crippen molar-refractivity contribution in [3.8, 4) is 0 Å². The summed E-state index contributed by atoms with van der Waals surface area (Å²) in [6.07, 6.45) is 0. The molecule has 0 fully saturated rings. The number of carbonyl (C=O) groups is 1. The van der Waals surface area contributed by atoms with Crippen LogP contribution in [0.2, 0.25) is 5.02 Å². The fraction of sp³-hybridized carbons (Fsp3) is 0.133. The molecule has 3 nitrogen and oxygen atoms in total. The summed E-state index contributed by atoms with van der Waals surface area (Å²) in [6.45, 7) is 0. The Morgan fingerprint density at radius 2 is 1.85 bits per heavy atom. The van der Waals surface area contributed by atoms with E-state index in [1.54, 1.807) is 12.1 Å². The molecule has 1 N–H and O–H groups in total. The Balaban J connectivity index is 2.31. The lowest BCUT2D eigenvalue weighted by Crippen LogP contribution is -2.22. The third-order valence-corrected chi connectivity index (χ3v) is 3.78. The van der Waals surface area contributed by atoms with Crippen molar-refractivity contribution in [2.24, 2.45) is 0 Å². The molecule has 0 aliphatic heterocycles. The quantitative estimate of drug-likeness (QED) is 0.826. The van der Waals surface area contributed by atoms with E-state index in [9.17, 15) is 4.79 Å². The van der Waals surface area contributed by atoms with Gasteiger partial charge in [-0.1, -0.05) is 45.7 Å². The number of carbonyl (C=O) groups excluding carboxylic acids is 1. The number of rotatable bonds is 4. The van der Waals surface area contributed by atoms with Crippen molar-refractivity contribution in [2.75, 3.05) is 12.4 Å². The van der Waals surface area contributed by atoms with Crippen LogP contribution in [0.5, 0.6) is 0 Å². The second kappa shape index (κ2) is 6.77. The molecule has 2 rings (SSSR count). The van der Waals surface area contributed by atoms with E-state index in [0.717, 1.165) is 15.7 Å².